The molecule has 0 amide bonds. The summed E-state index contributed by atoms with van der Waals surface area (Å²) in [5.41, 5.74) is 0. The molecule has 2 N–H and O–H groups in total. The average Bonchev–Trinajstić information content (AvgIpc) is 1.86. The maximum Gasteiger partial charge on any atom is 0.438 e. The molecule has 0 spiro atoms. The van der Waals surface area contributed by atoms with Crippen molar-refractivity contribution < 1.29 is 28.0 Å². The van der Waals surface area contributed by atoms with Crippen molar-refractivity contribution in [2.45, 2.75) is 13.8 Å². The van der Waals surface area contributed by atoms with Gasteiger partial charge in [0.1, 0.15) is 0 Å². The third-order valence-electron chi connectivity index (χ3n) is 0.914. The van der Waals surface area contributed by atoms with Gasteiger partial charge in [-0.2, -0.15) is 0 Å². The fourth-order valence-corrected chi connectivity index (χ4v) is 3.02. The lowest BCUT2D eigenvalue weighted by atomic mass is 10.9. The summed E-state index contributed by atoms with van der Waals surface area (Å²) in [6.07, 6.45) is 0. The van der Waals surface area contributed by atoms with E-state index in [4.69, 9.17) is 9.79 Å². The van der Waals surface area contributed by atoms with E-state index in [2.05, 4.69) is 9.05 Å². The van der Waals surface area contributed by atoms with Gasteiger partial charge >= 0.3 is 14.6 Å². The van der Waals surface area contributed by atoms with E-state index in [1.165, 1.54) is 13.8 Å². The van der Waals surface area contributed by atoms with E-state index in [9.17, 15) is 9.13 Å². The molecule has 0 bridgehead atoms. The van der Waals surface area contributed by atoms with Crippen LogP contribution >= 0.6 is 14.6 Å². The Morgan fingerprint density at radius 1 is 1.00 bits per heavy atom. The summed E-state index contributed by atoms with van der Waals surface area (Å²) in [6.45, 7) is 2.64. The lowest BCUT2D eigenvalue weighted by Crippen LogP contribution is -1.94. The maximum absolute atomic E-state index is 10.9. The highest BCUT2D eigenvalue weighted by atomic mass is 32.1. The van der Waals surface area contributed by atoms with Crippen LogP contribution in [0.25, 0.3) is 0 Å². The van der Waals surface area contributed by atoms with Crippen LogP contribution in [0.2, 0.25) is 0 Å². The molecule has 0 aromatic carbocycles. The van der Waals surface area contributed by atoms with Crippen molar-refractivity contribution in [1.29, 1.82) is 0 Å². The molecule has 74 valence electrons. The van der Waals surface area contributed by atoms with Crippen LogP contribution in [0.3, 0.4) is 0 Å². The van der Waals surface area contributed by atoms with Gasteiger partial charge in [-0.25, -0.2) is 9.13 Å². The Morgan fingerprint density at radius 2 is 1.25 bits per heavy atom. The fourth-order valence-electron chi connectivity index (χ4n) is 0.482. The summed E-state index contributed by atoms with van der Waals surface area (Å²) in [4.78, 5) is 17.7. The van der Waals surface area contributed by atoms with Crippen LogP contribution in [0, 0.1) is 0 Å². The van der Waals surface area contributed by atoms with E-state index in [-0.39, 0.29) is 13.2 Å². The van der Waals surface area contributed by atoms with Gasteiger partial charge in [-0.05, 0) is 13.8 Å². The normalized spacial score (nSPS) is 21.3. The van der Waals surface area contributed by atoms with Crippen LogP contribution in [0.1, 0.15) is 13.8 Å². The molecule has 0 aromatic heterocycles. The summed E-state index contributed by atoms with van der Waals surface area (Å²) >= 11 is 0. The van der Waals surface area contributed by atoms with Gasteiger partial charge in [0.25, 0.3) is 0 Å². The number of hydrogen-bond donors (Lipinski definition) is 2. The highest BCUT2D eigenvalue weighted by molar-refractivity contribution is 8.26. The molecule has 12 heavy (non-hydrogen) atoms. The van der Waals surface area contributed by atoms with Crippen LogP contribution in [0.4, 0.5) is 0 Å². The lowest BCUT2D eigenvalue weighted by Gasteiger charge is -2.15. The molecule has 6 nitrogen and oxygen atoms in total. The zero-order valence-corrected chi connectivity index (χ0v) is 8.62. The number of rotatable bonds is 5. The van der Waals surface area contributed by atoms with Crippen molar-refractivity contribution in [3.05, 3.63) is 0 Å². The predicted octanol–water partition coefficient (Wildman–Crippen LogP) is 1.35. The minimum atomic E-state index is -4.52. The summed E-state index contributed by atoms with van der Waals surface area (Å²) in [6, 6.07) is 0. The van der Waals surface area contributed by atoms with Crippen molar-refractivity contribution in [1.82, 2.24) is 0 Å². The van der Waals surface area contributed by atoms with Gasteiger partial charge in [0.15, 0.2) is 0 Å². The van der Waals surface area contributed by atoms with E-state index >= 15 is 0 Å². The molecule has 0 saturated heterocycles. The molecule has 0 heterocycles. The zero-order chi connectivity index (χ0) is 9.83. The van der Waals surface area contributed by atoms with Gasteiger partial charge in [0, 0.05) is 0 Å². The zero-order valence-electron chi connectivity index (χ0n) is 6.84. The van der Waals surface area contributed by atoms with Crippen molar-refractivity contribution >= 4 is 14.6 Å². The molecule has 0 fully saturated rings. The van der Waals surface area contributed by atoms with Crippen LogP contribution in [-0.4, -0.2) is 23.0 Å². The lowest BCUT2D eigenvalue weighted by molar-refractivity contribution is 0.246. The molecule has 0 rings (SSSR count). The van der Waals surface area contributed by atoms with Gasteiger partial charge in [0.2, 0.25) is 0 Å². The second kappa shape index (κ2) is 4.51. The summed E-state index contributed by atoms with van der Waals surface area (Å²) in [5, 5.41) is 0. The van der Waals surface area contributed by atoms with E-state index in [1.54, 1.807) is 0 Å². The summed E-state index contributed by atoms with van der Waals surface area (Å²) in [5.74, 6) is 0. The van der Waals surface area contributed by atoms with E-state index in [0.29, 0.717) is 0 Å². The van der Waals surface area contributed by atoms with Gasteiger partial charge in [0.05, 0.1) is 13.2 Å². The van der Waals surface area contributed by atoms with Crippen LogP contribution in [0.15, 0.2) is 0 Å². The predicted molar refractivity (Wildman–Crippen MR) is 42.9 cm³/mol. The van der Waals surface area contributed by atoms with E-state index in [1.807, 2.05) is 0 Å². The van der Waals surface area contributed by atoms with Crippen LogP contribution in [0.5, 0.6) is 0 Å². The third kappa shape index (κ3) is 2.98. The minimum Gasteiger partial charge on any atom is -0.316 e. The second-order valence-corrected chi connectivity index (χ2v) is 7.33. The van der Waals surface area contributed by atoms with Gasteiger partial charge < -0.3 is 18.8 Å². The SMILES string of the molecule is CCOP(=O)(O)P(=O)(O)OCC. The Kier molecular flexibility index (Phi) is 4.62. The number of hydrogen-bond acceptors (Lipinski definition) is 4. The molecule has 0 saturated carbocycles. The van der Waals surface area contributed by atoms with Crippen LogP contribution in [-0.2, 0) is 18.2 Å². The second-order valence-electron chi connectivity index (χ2n) is 1.82. The minimum absolute atomic E-state index is 0.120. The Bertz CT molecular complexity index is 202. The largest absolute Gasteiger partial charge is 0.438 e. The molecule has 8 heteroatoms. The molecule has 0 aliphatic heterocycles. The first-order valence-corrected chi connectivity index (χ1v) is 7.18. The van der Waals surface area contributed by atoms with Crippen molar-refractivity contribution in [2.75, 3.05) is 13.2 Å². The monoisotopic (exact) mass is 218 g/mol. The quantitative estimate of drug-likeness (QED) is 0.676. The molecule has 0 aliphatic rings. The van der Waals surface area contributed by atoms with Gasteiger partial charge in [-0.3, -0.25) is 0 Å². The summed E-state index contributed by atoms with van der Waals surface area (Å²) < 4.78 is 30.3. The van der Waals surface area contributed by atoms with E-state index in [0.717, 1.165) is 0 Å². The van der Waals surface area contributed by atoms with E-state index < -0.39 is 14.6 Å². The van der Waals surface area contributed by atoms with Crippen molar-refractivity contribution in [2.24, 2.45) is 0 Å². The maximum atomic E-state index is 10.9. The molecule has 0 radical (unpaired) electrons. The first kappa shape index (κ1) is 12.3. The van der Waals surface area contributed by atoms with Crippen molar-refractivity contribution in [3.8, 4) is 0 Å². The molecule has 0 aromatic rings. The first-order valence-electron chi connectivity index (χ1n) is 3.32. The Balaban J connectivity index is 4.52. The highest BCUT2D eigenvalue weighted by Crippen LogP contribution is 2.77. The molecule has 2 unspecified atom stereocenters. The topological polar surface area (TPSA) is 93.1 Å². The average molecular weight is 218 g/mol. The molecule has 2 atom stereocenters. The summed E-state index contributed by atoms with van der Waals surface area (Å²) in [7, 11) is -9.05. The van der Waals surface area contributed by atoms with Crippen molar-refractivity contribution in [3.63, 3.8) is 0 Å². The molecule has 0 aliphatic carbocycles. The van der Waals surface area contributed by atoms with Crippen LogP contribution < -0.4 is 0 Å². The smallest absolute Gasteiger partial charge is 0.316 e. The first-order chi connectivity index (χ1) is 5.37. The fraction of sp³-hybridized carbons (Fsp3) is 1.00. The third-order valence-corrected chi connectivity index (χ3v) is 5.35. The Morgan fingerprint density at radius 3 is 1.42 bits per heavy atom. The Hall–Kier alpha value is 0.300. The Labute approximate surface area is 70.5 Å². The molecular weight excluding hydrogens is 206 g/mol. The highest BCUT2D eigenvalue weighted by Gasteiger charge is 2.44. The van der Waals surface area contributed by atoms with Gasteiger partial charge in [-0.1, -0.05) is 0 Å². The standard InChI is InChI=1S/C4H12O6P2/c1-3-9-11(5,6)12(7,8)10-4-2/h3-4H2,1-2H3,(H,5,6)(H,7,8). The molecular formula is C4H12O6P2. The van der Waals surface area contributed by atoms with Gasteiger partial charge in [-0.15, -0.1) is 0 Å².